The Hall–Kier alpha value is -3.53. The molecule has 0 bridgehead atoms. The molecule has 0 saturated heterocycles. The van der Waals surface area contributed by atoms with Gasteiger partial charge < -0.3 is 15.0 Å². The molecule has 1 N–H and O–H groups in total. The molecule has 0 unspecified atom stereocenters. The fourth-order valence-corrected chi connectivity index (χ4v) is 4.56. The van der Waals surface area contributed by atoms with Crippen LogP contribution in [-0.2, 0) is 11.5 Å². The number of thiazole rings is 1. The third-order valence-electron chi connectivity index (χ3n) is 5.02. The number of rotatable bonds is 2. The van der Waals surface area contributed by atoms with Gasteiger partial charge in [-0.05, 0) is 30.3 Å². The average Bonchev–Trinajstić information content (AvgIpc) is 3.24. The number of fused-ring (bicyclic) bond motifs is 2. The first-order valence-electron chi connectivity index (χ1n) is 8.94. The number of aromatic nitrogens is 1. The summed E-state index contributed by atoms with van der Waals surface area (Å²) >= 11 is 1.13. The van der Waals surface area contributed by atoms with Crippen LogP contribution in [0, 0.1) is 11.6 Å². The highest BCUT2D eigenvalue weighted by atomic mass is 32.1. The van der Waals surface area contributed by atoms with Crippen LogP contribution in [0.1, 0.15) is 5.56 Å². The number of methoxy groups -OCH3 is 1. The van der Waals surface area contributed by atoms with Gasteiger partial charge in [-0.25, -0.2) is 13.8 Å². The molecule has 2 aromatic carbocycles. The SMILES string of the molecule is COc1ccc2c(c1)/C(=c1/sc3n(c1=O)CN(c1ccc(F)c(F)c1)CN=3)C(=O)N2. The number of amides is 1. The maximum Gasteiger partial charge on any atom is 0.272 e. The van der Waals surface area contributed by atoms with E-state index in [1.54, 1.807) is 23.1 Å². The zero-order valence-corrected chi connectivity index (χ0v) is 16.4. The summed E-state index contributed by atoms with van der Waals surface area (Å²) in [6, 6.07) is 8.68. The molecule has 2 aliphatic rings. The Balaban J connectivity index is 1.63. The molecule has 1 amide bonds. The van der Waals surface area contributed by atoms with Gasteiger partial charge >= 0.3 is 0 Å². The van der Waals surface area contributed by atoms with Crippen LogP contribution in [0.4, 0.5) is 20.2 Å². The first-order valence-corrected chi connectivity index (χ1v) is 9.76. The lowest BCUT2D eigenvalue weighted by Gasteiger charge is -2.25. The lowest BCUT2D eigenvalue weighted by atomic mass is 10.1. The Kier molecular flexibility index (Phi) is 4.17. The molecule has 0 fully saturated rings. The van der Waals surface area contributed by atoms with Crippen LogP contribution in [0.15, 0.2) is 46.2 Å². The van der Waals surface area contributed by atoms with Crippen LogP contribution >= 0.6 is 11.3 Å². The minimum Gasteiger partial charge on any atom is -0.497 e. The summed E-state index contributed by atoms with van der Waals surface area (Å²) in [5.41, 5.74) is 1.51. The first kappa shape index (κ1) is 18.5. The van der Waals surface area contributed by atoms with Gasteiger partial charge in [-0.3, -0.25) is 14.2 Å². The number of carbonyl (C=O) groups is 1. The predicted molar refractivity (Wildman–Crippen MR) is 107 cm³/mol. The number of hydrogen-bond acceptors (Lipinski definition) is 6. The van der Waals surface area contributed by atoms with Crippen molar-refractivity contribution in [2.75, 3.05) is 24.0 Å². The van der Waals surface area contributed by atoms with E-state index in [1.807, 2.05) is 0 Å². The summed E-state index contributed by atoms with van der Waals surface area (Å²) in [5.74, 6) is -1.72. The van der Waals surface area contributed by atoms with Gasteiger partial charge in [0.05, 0.1) is 12.7 Å². The molecular weight excluding hydrogens is 414 g/mol. The number of ether oxygens (including phenoxy) is 1. The van der Waals surface area contributed by atoms with Crippen molar-refractivity contribution < 1.29 is 18.3 Å². The Morgan fingerprint density at radius 1 is 1.13 bits per heavy atom. The summed E-state index contributed by atoms with van der Waals surface area (Å²) < 4.78 is 33.8. The van der Waals surface area contributed by atoms with E-state index in [0.717, 1.165) is 23.5 Å². The summed E-state index contributed by atoms with van der Waals surface area (Å²) in [5, 5.41) is 2.76. The molecule has 30 heavy (non-hydrogen) atoms. The second-order valence-electron chi connectivity index (χ2n) is 6.77. The van der Waals surface area contributed by atoms with Gasteiger partial charge in [0.1, 0.15) is 23.6 Å². The van der Waals surface area contributed by atoms with E-state index >= 15 is 0 Å². The fourth-order valence-electron chi connectivity index (χ4n) is 3.50. The van der Waals surface area contributed by atoms with Gasteiger partial charge in [0, 0.05) is 23.0 Å². The Morgan fingerprint density at radius 2 is 1.97 bits per heavy atom. The smallest absolute Gasteiger partial charge is 0.272 e. The van der Waals surface area contributed by atoms with Gasteiger partial charge in [-0.2, -0.15) is 0 Å². The lowest BCUT2D eigenvalue weighted by Crippen LogP contribution is -2.43. The standard InChI is InChI=1S/C20H14F2N4O3S/c1-29-11-3-5-15-12(7-11)16(18(27)24-15)17-19(28)26-9-25(8-23-20(26)30-17)10-2-4-13(21)14(22)6-10/h2-7H,8-9H2,1H3,(H,24,27)/b17-16-. The van der Waals surface area contributed by atoms with Crippen molar-refractivity contribution in [2.45, 2.75) is 6.67 Å². The third-order valence-corrected chi connectivity index (χ3v) is 6.13. The van der Waals surface area contributed by atoms with Crippen molar-refractivity contribution in [2.24, 2.45) is 4.99 Å². The number of carbonyl (C=O) groups excluding carboxylic acids is 1. The van der Waals surface area contributed by atoms with Gasteiger partial charge in [0.15, 0.2) is 16.4 Å². The molecule has 3 aromatic rings. The largest absolute Gasteiger partial charge is 0.497 e. The molecule has 0 saturated carbocycles. The van der Waals surface area contributed by atoms with E-state index in [1.165, 1.54) is 17.7 Å². The molecule has 3 heterocycles. The molecule has 152 valence electrons. The summed E-state index contributed by atoms with van der Waals surface area (Å²) in [6.07, 6.45) is 0. The van der Waals surface area contributed by atoms with Gasteiger partial charge in [0.25, 0.3) is 11.5 Å². The molecule has 2 aliphatic heterocycles. The third kappa shape index (κ3) is 2.79. The molecule has 1 aromatic heterocycles. The monoisotopic (exact) mass is 428 g/mol. The highest BCUT2D eigenvalue weighted by Crippen LogP contribution is 2.33. The molecule has 0 radical (unpaired) electrons. The first-order chi connectivity index (χ1) is 14.5. The van der Waals surface area contributed by atoms with Gasteiger partial charge in [-0.1, -0.05) is 11.3 Å². The second-order valence-corrected chi connectivity index (χ2v) is 7.74. The molecule has 0 atom stereocenters. The molecule has 5 rings (SSSR count). The minimum atomic E-state index is -0.972. The highest BCUT2D eigenvalue weighted by Gasteiger charge is 2.28. The molecule has 7 nitrogen and oxygen atoms in total. The van der Waals surface area contributed by atoms with Crippen LogP contribution in [0.25, 0.3) is 5.57 Å². The lowest BCUT2D eigenvalue weighted by molar-refractivity contribution is -0.110. The Bertz CT molecular complexity index is 1400. The van der Waals surface area contributed by atoms with E-state index in [9.17, 15) is 18.4 Å². The molecule has 0 spiro atoms. The predicted octanol–water partition coefficient (Wildman–Crippen LogP) is 1.40. The number of benzene rings is 2. The number of halogens is 2. The van der Waals surface area contributed by atoms with Crippen LogP contribution < -0.4 is 29.8 Å². The quantitative estimate of drug-likeness (QED) is 0.670. The van der Waals surface area contributed by atoms with Crippen molar-refractivity contribution in [3.63, 3.8) is 0 Å². The minimum absolute atomic E-state index is 0.110. The molecular formula is C20H14F2N4O3S. The number of hydrogen-bond donors (Lipinski definition) is 1. The molecule has 0 aliphatic carbocycles. The number of anilines is 2. The number of nitrogens with one attached hydrogen (secondary N) is 1. The normalized spacial score (nSPS) is 16.6. The van der Waals surface area contributed by atoms with Gasteiger partial charge in [0.2, 0.25) is 0 Å². The summed E-state index contributed by atoms with van der Waals surface area (Å²) in [4.78, 5) is 32.2. The van der Waals surface area contributed by atoms with E-state index in [0.29, 0.717) is 27.5 Å². The maximum absolute atomic E-state index is 13.6. The van der Waals surface area contributed by atoms with E-state index < -0.39 is 11.6 Å². The van der Waals surface area contributed by atoms with E-state index in [-0.39, 0.29) is 34.9 Å². The fraction of sp³-hybridized carbons (Fsp3) is 0.150. The van der Waals surface area contributed by atoms with E-state index in [2.05, 4.69) is 10.3 Å². The summed E-state index contributed by atoms with van der Waals surface area (Å²) in [7, 11) is 1.52. The Morgan fingerprint density at radius 3 is 2.73 bits per heavy atom. The van der Waals surface area contributed by atoms with Crippen molar-refractivity contribution in [3.05, 3.63) is 73.3 Å². The van der Waals surface area contributed by atoms with Crippen LogP contribution in [0.5, 0.6) is 5.75 Å². The zero-order chi connectivity index (χ0) is 21.0. The summed E-state index contributed by atoms with van der Waals surface area (Å²) in [6.45, 7) is 0.287. The topological polar surface area (TPSA) is 75.9 Å². The Labute approximate surface area is 172 Å². The van der Waals surface area contributed by atoms with Crippen molar-refractivity contribution in [3.8, 4) is 5.75 Å². The van der Waals surface area contributed by atoms with Crippen LogP contribution in [-0.4, -0.2) is 24.3 Å². The average molecular weight is 428 g/mol. The van der Waals surface area contributed by atoms with E-state index in [4.69, 9.17) is 4.74 Å². The zero-order valence-electron chi connectivity index (χ0n) is 15.6. The van der Waals surface area contributed by atoms with Gasteiger partial charge in [-0.15, -0.1) is 0 Å². The number of nitrogens with zero attached hydrogens (tertiary/aromatic N) is 3. The van der Waals surface area contributed by atoms with Crippen molar-refractivity contribution in [1.82, 2.24) is 4.57 Å². The maximum atomic E-state index is 13.6. The molecule has 10 heteroatoms. The highest BCUT2D eigenvalue weighted by molar-refractivity contribution is 7.07. The van der Waals surface area contributed by atoms with Crippen molar-refractivity contribution in [1.29, 1.82) is 0 Å². The van der Waals surface area contributed by atoms with Crippen molar-refractivity contribution >= 4 is 34.2 Å². The van der Waals surface area contributed by atoms with Crippen LogP contribution in [0.2, 0.25) is 0 Å². The second kappa shape index (κ2) is 6.77. The van der Waals surface area contributed by atoms with Crippen LogP contribution in [0.3, 0.4) is 0 Å².